The summed E-state index contributed by atoms with van der Waals surface area (Å²) in [7, 11) is 2.08. The second kappa shape index (κ2) is 6.67. The van der Waals surface area contributed by atoms with E-state index in [1.54, 1.807) is 0 Å². The predicted octanol–water partition coefficient (Wildman–Crippen LogP) is 4.21. The summed E-state index contributed by atoms with van der Waals surface area (Å²) in [6.45, 7) is 0. The van der Waals surface area contributed by atoms with Gasteiger partial charge in [0.1, 0.15) is 0 Å². The molecule has 1 saturated carbocycles. The van der Waals surface area contributed by atoms with Gasteiger partial charge in [0.15, 0.2) is 0 Å². The highest BCUT2D eigenvalue weighted by Gasteiger charge is 2.23. The van der Waals surface area contributed by atoms with Gasteiger partial charge in [0.05, 0.1) is 0 Å². The number of hydrogen-bond acceptors (Lipinski definition) is 2. The summed E-state index contributed by atoms with van der Waals surface area (Å²) in [6, 6.07) is 8.78. The Hall–Kier alpha value is -0.180. The van der Waals surface area contributed by atoms with Crippen molar-refractivity contribution in [1.29, 1.82) is 0 Å². The molecule has 1 N–H and O–H groups in total. The van der Waals surface area contributed by atoms with Crippen LogP contribution >= 0.6 is 23.4 Å². The maximum absolute atomic E-state index is 5.99. The first-order chi connectivity index (χ1) is 8.29. The number of rotatable bonds is 5. The third-order valence-electron chi connectivity index (χ3n) is 3.57. The first-order valence-corrected chi connectivity index (χ1v) is 7.71. The monoisotopic (exact) mass is 269 g/mol. The number of halogens is 1. The molecular formula is C14H20ClNS. The molecule has 2 rings (SSSR count). The molecule has 0 aromatic heterocycles. The molecule has 0 aliphatic heterocycles. The zero-order chi connectivity index (χ0) is 12.1. The summed E-state index contributed by atoms with van der Waals surface area (Å²) in [5.74, 6) is 2.01. The van der Waals surface area contributed by atoms with Crippen molar-refractivity contribution in [2.75, 3.05) is 12.8 Å². The van der Waals surface area contributed by atoms with E-state index >= 15 is 0 Å². The minimum atomic E-state index is 0.640. The van der Waals surface area contributed by atoms with E-state index in [1.807, 2.05) is 30.0 Å². The van der Waals surface area contributed by atoms with Gasteiger partial charge in [-0.3, -0.25) is 0 Å². The molecule has 1 aliphatic carbocycles. The van der Waals surface area contributed by atoms with Gasteiger partial charge in [0, 0.05) is 21.7 Å². The smallest absolute Gasteiger partial charge is 0.0417 e. The lowest BCUT2D eigenvalue weighted by Crippen LogP contribution is -2.34. The Morgan fingerprint density at radius 1 is 1.41 bits per heavy atom. The lowest BCUT2D eigenvalue weighted by Gasteiger charge is -2.22. The zero-order valence-corrected chi connectivity index (χ0v) is 11.9. The van der Waals surface area contributed by atoms with Crippen LogP contribution in [0.5, 0.6) is 0 Å². The highest BCUT2D eigenvalue weighted by molar-refractivity contribution is 7.99. The van der Waals surface area contributed by atoms with Crippen molar-refractivity contribution in [2.24, 2.45) is 5.92 Å². The first-order valence-electron chi connectivity index (χ1n) is 6.35. The van der Waals surface area contributed by atoms with Crippen LogP contribution in [0.3, 0.4) is 0 Å². The zero-order valence-electron chi connectivity index (χ0n) is 10.3. The fraction of sp³-hybridized carbons (Fsp3) is 0.571. The van der Waals surface area contributed by atoms with Crippen LogP contribution in [0, 0.1) is 5.92 Å². The summed E-state index contributed by atoms with van der Waals surface area (Å²) >= 11 is 7.90. The molecule has 0 spiro atoms. The molecule has 0 amide bonds. The standard InChI is InChI=1S/C14H20ClNS/c1-16-14(11-5-2-3-6-11)10-17-13-8-4-7-12(15)9-13/h4,7-9,11,14,16H,2-3,5-6,10H2,1H3. The van der Waals surface area contributed by atoms with Crippen molar-refractivity contribution in [3.05, 3.63) is 29.3 Å². The average molecular weight is 270 g/mol. The van der Waals surface area contributed by atoms with Crippen molar-refractivity contribution >= 4 is 23.4 Å². The average Bonchev–Trinajstić information content (AvgIpc) is 2.84. The minimum Gasteiger partial charge on any atom is -0.316 e. The topological polar surface area (TPSA) is 12.0 Å². The second-order valence-electron chi connectivity index (χ2n) is 4.71. The fourth-order valence-corrected chi connectivity index (χ4v) is 4.01. The Bertz CT molecular complexity index is 350. The maximum atomic E-state index is 5.99. The van der Waals surface area contributed by atoms with Crippen LogP contribution in [0.4, 0.5) is 0 Å². The normalized spacial score (nSPS) is 18.5. The van der Waals surface area contributed by atoms with Crippen LogP contribution in [0.2, 0.25) is 5.02 Å². The molecule has 0 radical (unpaired) electrons. The van der Waals surface area contributed by atoms with E-state index in [-0.39, 0.29) is 0 Å². The maximum Gasteiger partial charge on any atom is 0.0417 e. The third kappa shape index (κ3) is 3.90. The van der Waals surface area contributed by atoms with Gasteiger partial charge in [-0.2, -0.15) is 0 Å². The Morgan fingerprint density at radius 3 is 2.82 bits per heavy atom. The van der Waals surface area contributed by atoms with Crippen LogP contribution in [0.25, 0.3) is 0 Å². The molecule has 1 aromatic carbocycles. The van der Waals surface area contributed by atoms with Crippen molar-refractivity contribution in [2.45, 2.75) is 36.6 Å². The highest BCUT2D eigenvalue weighted by Crippen LogP contribution is 2.31. The SMILES string of the molecule is CNC(CSc1cccc(Cl)c1)C1CCCC1. The van der Waals surface area contributed by atoms with Crippen LogP contribution in [-0.4, -0.2) is 18.8 Å². The van der Waals surface area contributed by atoms with Crippen molar-refractivity contribution in [3.63, 3.8) is 0 Å². The van der Waals surface area contributed by atoms with Gasteiger partial charge < -0.3 is 5.32 Å². The molecule has 94 valence electrons. The van der Waals surface area contributed by atoms with Gasteiger partial charge in [-0.05, 0) is 44.0 Å². The lowest BCUT2D eigenvalue weighted by molar-refractivity contribution is 0.410. The molecule has 1 unspecified atom stereocenters. The van der Waals surface area contributed by atoms with E-state index in [4.69, 9.17) is 11.6 Å². The van der Waals surface area contributed by atoms with E-state index < -0.39 is 0 Å². The molecule has 1 fully saturated rings. The van der Waals surface area contributed by atoms with Gasteiger partial charge in [-0.25, -0.2) is 0 Å². The van der Waals surface area contributed by atoms with Gasteiger partial charge in [0.25, 0.3) is 0 Å². The molecule has 1 aromatic rings. The molecule has 1 aliphatic rings. The van der Waals surface area contributed by atoms with E-state index in [2.05, 4.69) is 18.4 Å². The molecule has 0 bridgehead atoms. The molecule has 1 nitrogen and oxygen atoms in total. The summed E-state index contributed by atoms with van der Waals surface area (Å²) in [4.78, 5) is 1.27. The van der Waals surface area contributed by atoms with Crippen LogP contribution < -0.4 is 5.32 Å². The lowest BCUT2D eigenvalue weighted by atomic mass is 10.0. The Morgan fingerprint density at radius 2 is 2.18 bits per heavy atom. The first kappa shape index (κ1) is 13.3. The third-order valence-corrected chi connectivity index (χ3v) is 4.91. The molecule has 0 saturated heterocycles. The highest BCUT2D eigenvalue weighted by atomic mass is 35.5. The molecule has 17 heavy (non-hydrogen) atoms. The van der Waals surface area contributed by atoms with Gasteiger partial charge in [-0.1, -0.05) is 30.5 Å². The number of hydrogen-bond donors (Lipinski definition) is 1. The fourth-order valence-electron chi connectivity index (χ4n) is 2.56. The van der Waals surface area contributed by atoms with Crippen molar-refractivity contribution in [1.82, 2.24) is 5.32 Å². The van der Waals surface area contributed by atoms with E-state index in [0.717, 1.165) is 16.7 Å². The Labute approximate surface area is 113 Å². The second-order valence-corrected chi connectivity index (χ2v) is 6.24. The van der Waals surface area contributed by atoms with E-state index in [9.17, 15) is 0 Å². The van der Waals surface area contributed by atoms with E-state index in [1.165, 1.54) is 30.6 Å². The Balaban J connectivity index is 1.87. The van der Waals surface area contributed by atoms with E-state index in [0.29, 0.717) is 6.04 Å². The van der Waals surface area contributed by atoms with Crippen LogP contribution in [-0.2, 0) is 0 Å². The van der Waals surface area contributed by atoms with Gasteiger partial charge in [0.2, 0.25) is 0 Å². The summed E-state index contributed by atoms with van der Waals surface area (Å²) in [6.07, 6.45) is 5.60. The predicted molar refractivity (Wildman–Crippen MR) is 77.0 cm³/mol. The number of nitrogens with one attached hydrogen (secondary N) is 1. The van der Waals surface area contributed by atoms with Crippen LogP contribution in [0.15, 0.2) is 29.2 Å². The summed E-state index contributed by atoms with van der Waals surface area (Å²) in [5, 5.41) is 4.31. The summed E-state index contributed by atoms with van der Waals surface area (Å²) in [5.41, 5.74) is 0. The number of benzene rings is 1. The largest absolute Gasteiger partial charge is 0.316 e. The van der Waals surface area contributed by atoms with Crippen LogP contribution in [0.1, 0.15) is 25.7 Å². The molecule has 1 atom stereocenters. The quantitative estimate of drug-likeness (QED) is 0.804. The molecule has 0 heterocycles. The van der Waals surface area contributed by atoms with Crippen molar-refractivity contribution in [3.8, 4) is 0 Å². The molecular weight excluding hydrogens is 250 g/mol. The van der Waals surface area contributed by atoms with Crippen molar-refractivity contribution < 1.29 is 0 Å². The molecule has 3 heteroatoms. The summed E-state index contributed by atoms with van der Waals surface area (Å²) < 4.78 is 0. The Kier molecular flexibility index (Phi) is 5.20. The minimum absolute atomic E-state index is 0.640. The number of thioether (sulfide) groups is 1. The van der Waals surface area contributed by atoms with Gasteiger partial charge in [-0.15, -0.1) is 11.8 Å². The van der Waals surface area contributed by atoms with Gasteiger partial charge >= 0.3 is 0 Å².